The molecule has 2 aromatic carbocycles. The molecule has 0 fully saturated rings. The van der Waals surface area contributed by atoms with E-state index in [1.165, 1.54) is 25.3 Å². The average molecular weight is 475 g/mol. The number of pyridine rings is 1. The van der Waals surface area contributed by atoms with Crippen LogP contribution in [-0.2, 0) is 6.18 Å². The van der Waals surface area contributed by atoms with Crippen molar-refractivity contribution in [2.24, 2.45) is 5.73 Å². The number of alkyl halides is 3. The van der Waals surface area contributed by atoms with Gasteiger partial charge < -0.3 is 5.73 Å². The van der Waals surface area contributed by atoms with Gasteiger partial charge in [0.05, 0.1) is 28.6 Å². The van der Waals surface area contributed by atoms with E-state index in [0.717, 1.165) is 16.7 Å². The predicted molar refractivity (Wildman–Crippen MR) is 121 cm³/mol. The number of nitriles is 1. The molecule has 2 aromatic heterocycles. The van der Waals surface area contributed by atoms with Gasteiger partial charge in [-0.25, -0.2) is 4.98 Å². The number of amides is 1. The van der Waals surface area contributed by atoms with Gasteiger partial charge in [-0.3, -0.25) is 19.1 Å². The van der Waals surface area contributed by atoms with Gasteiger partial charge in [0.1, 0.15) is 0 Å². The Morgan fingerprint density at radius 2 is 1.77 bits per heavy atom. The molecule has 0 aliphatic rings. The van der Waals surface area contributed by atoms with Crippen LogP contribution in [0.3, 0.4) is 0 Å². The highest BCUT2D eigenvalue weighted by molar-refractivity contribution is 5.92. The first-order chi connectivity index (χ1) is 16.6. The van der Waals surface area contributed by atoms with Crippen LogP contribution in [0.2, 0.25) is 0 Å². The van der Waals surface area contributed by atoms with E-state index in [-0.39, 0.29) is 17.1 Å². The van der Waals surface area contributed by atoms with Crippen molar-refractivity contribution in [3.63, 3.8) is 0 Å². The average Bonchev–Trinajstić information content (AvgIpc) is 2.84. The molecule has 4 aromatic rings. The maximum atomic E-state index is 13.3. The third kappa shape index (κ3) is 4.39. The molecule has 7 nitrogen and oxygen atoms in total. The van der Waals surface area contributed by atoms with Crippen LogP contribution < -0.4 is 11.3 Å². The van der Waals surface area contributed by atoms with E-state index in [2.05, 4.69) is 9.97 Å². The molecule has 0 aliphatic carbocycles. The lowest BCUT2D eigenvalue weighted by Gasteiger charge is -2.18. The van der Waals surface area contributed by atoms with Gasteiger partial charge in [0.2, 0.25) is 0 Å². The predicted octanol–water partition coefficient (Wildman–Crippen LogP) is 4.26. The summed E-state index contributed by atoms with van der Waals surface area (Å²) < 4.78 is 41.0. The molecule has 0 unspecified atom stereocenters. The van der Waals surface area contributed by atoms with Crippen molar-refractivity contribution in [1.82, 2.24) is 14.5 Å². The van der Waals surface area contributed by atoms with Crippen molar-refractivity contribution >= 4 is 5.91 Å². The molecular weight excluding hydrogens is 459 g/mol. The lowest BCUT2D eigenvalue weighted by atomic mass is 10.0. The van der Waals surface area contributed by atoms with Crippen LogP contribution in [0.1, 0.15) is 27.3 Å². The van der Waals surface area contributed by atoms with Crippen LogP contribution in [0.15, 0.2) is 71.7 Å². The van der Waals surface area contributed by atoms with Crippen molar-refractivity contribution < 1.29 is 18.0 Å². The first-order valence-electron chi connectivity index (χ1n) is 10.2. The largest absolute Gasteiger partial charge is 0.416 e. The monoisotopic (exact) mass is 475 g/mol. The summed E-state index contributed by atoms with van der Waals surface area (Å²) in [5.74, 6) is -1.12. The minimum Gasteiger partial charge on any atom is -0.364 e. The van der Waals surface area contributed by atoms with Gasteiger partial charge in [0, 0.05) is 28.7 Å². The Balaban J connectivity index is 2.02. The van der Waals surface area contributed by atoms with Crippen molar-refractivity contribution in [1.29, 1.82) is 5.26 Å². The van der Waals surface area contributed by atoms with Gasteiger partial charge in [-0.15, -0.1) is 0 Å². The molecule has 1 amide bonds. The minimum absolute atomic E-state index is 0.0997. The molecule has 0 radical (unpaired) electrons. The number of hydrogen-bond acceptors (Lipinski definition) is 5. The van der Waals surface area contributed by atoms with Gasteiger partial charge in [0.15, 0.2) is 5.69 Å². The quantitative estimate of drug-likeness (QED) is 0.474. The minimum atomic E-state index is -4.64. The summed E-state index contributed by atoms with van der Waals surface area (Å²) in [4.78, 5) is 33.7. The van der Waals surface area contributed by atoms with E-state index < -0.39 is 28.9 Å². The highest BCUT2D eigenvalue weighted by atomic mass is 19.4. The number of carbonyl (C=O) groups excluding carboxylic acids is 1. The fraction of sp³-hybridized carbons (Fsp3) is 0.0800. The zero-order valence-electron chi connectivity index (χ0n) is 18.2. The number of aromatic nitrogens is 3. The summed E-state index contributed by atoms with van der Waals surface area (Å²) >= 11 is 0. The first-order valence-corrected chi connectivity index (χ1v) is 10.2. The number of benzene rings is 2. The molecular formula is C25H16F3N5O2. The standard InChI is InChI=1S/C25H16F3N5O2/c1-14-20(19-6-3-11-31-21(19)16-9-7-15(13-29)8-10-16)32-22(23(30)34)24(35)33(14)18-5-2-4-17(12-18)25(26,27)28/h2-12H,1H3,(H2,30,34). The molecule has 0 aliphatic heterocycles. The Kier molecular flexibility index (Phi) is 5.93. The molecule has 174 valence electrons. The first kappa shape index (κ1) is 23.4. The highest BCUT2D eigenvalue weighted by Crippen LogP contribution is 2.33. The second-order valence-corrected chi connectivity index (χ2v) is 7.54. The van der Waals surface area contributed by atoms with Gasteiger partial charge in [-0.2, -0.15) is 18.4 Å². The summed E-state index contributed by atoms with van der Waals surface area (Å²) in [6, 6.07) is 16.0. The Morgan fingerprint density at radius 1 is 1.06 bits per heavy atom. The van der Waals surface area contributed by atoms with E-state index in [1.54, 1.807) is 36.4 Å². The maximum Gasteiger partial charge on any atom is 0.416 e. The molecule has 10 heteroatoms. The van der Waals surface area contributed by atoms with Crippen LogP contribution >= 0.6 is 0 Å². The lowest BCUT2D eigenvalue weighted by Crippen LogP contribution is -2.32. The molecule has 2 heterocycles. The molecule has 0 saturated heterocycles. The number of nitrogens with zero attached hydrogens (tertiary/aromatic N) is 4. The lowest BCUT2D eigenvalue weighted by molar-refractivity contribution is -0.137. The van der Waals surface area contributed by atoms with Crippen LogP contribution in [0.25, 0.3) is 28.2 Å². The SMILES string of the molecule is Cc1c(-c2cccnc2-c2ccc(C#N)cc2)nc(C(N)=O)c(=O)n1-c1cccc(C(F)(F)F)c1. The van der Waals surface area contributed by atoms with Crippen LogP contribution in [0, 0.1) is 18.3 Å². The number of nitrogens with two attached hydrogens (primary N) is 1. The number of rotatable bonds is 4. The summed E-state index contributed by atoms with van der Waals surface area (Å²) in [6.45, 7) is 1.50. The third-order valence-electron chi connectivity index (χ3n) is 5.32. The summed E-state index contributed by atoms with van der Waals surface area (Å²) in [5, 5.41) is 9.06. The Hall–Kier alpha value is -4.78. The van der Waals surface area contributed by atoms with Crippen LogP contribution in [-0.4, -0.2) is 20.4 Å². The van der Waals surface area contributed by atoms with E-state index in [4.69, 9.17) is 11.0 Å². The Morgan fingerprint density at radius 3 is 2.40 bits per heavy atom. The van der Waals surface area contributed by atoms with Crippen LogP contribution in [0.4, 0.5) is 13.2 Å². The Bertz CT molecular complexity index is 1550. The zero-order chi connectivity index (χ0) is 25.3. The summed E-state index contributed by atoms with van der Waals surface area (Å²) in [5.41, 5.74) is 5.00. The molecule has 35 heavy (non-hydrogen) atoms. The fourth-order valence-corrected chi connectivity index (χ4v) is 3.68. The summed E-state index contributed by atoms with van der Waals surface area (Å²) in [6.07, 6.45) is -3.10. The third-order valence-corrected chi connectivity index (χ3v) is 5.32. The number of primary amides is 1. The molecule has 0 atom stereocenters. The van der Waals surface area contributed by atoms with E-state index in [9.17, 15) is 22.8 Å². The highest BCUT2D eigenvalue weighted by Gasteiger charge is 2.31. The van der Waals surface area contributed by atoms with Gasteiger partial charge >= 0.3 is 6.18 Å². The maximum absolute atomic E-state index is 13.3. The zero-order valence-corrected chi connectivity index (χ0v) is 18.2. The van der Waals surface area contributed by atoms with E-state index >= 15 is 0 Å². The normalized spacial score (nSPS) is 11.2. The second kappa shape index (κ2) is 8.87. The van der Waals surface area contributed by atoms with Crippen molar-refractivity contribution in [3.05, 3.63) is 99.7 Å². The molecule has 0 bridgehead atoms. The second-order valence-electron chi connectivity index (χ2n) is 7.54. The van der Waals surface area contributed by atoms with Crippen molar-refractivity contribution in [3.8, 4) is 34.3 Å². The number of halogens is 3. The molecule has 4 rings (SSSR count). The molecule has 2 N–H and O–H groups in total. The van der Waals surface area contributed by atoms with E-state index in [0.29, 0.717) is 22.4 Å². The Labute approximate surface area is 196 Å². The topological polar surface area (TPSA) is 115 Å². The fourth-order valence-electron chi connectivity index (χ4n) is 3.68. The van der Waals surface area contributed by atoms with Gasteiger partial charge in [-0.1, -0.05) is 18.2 Å². The van der Waals surface area contributed by atoms with E-state index in [1.807, 2.05) is 6.07 Å². The number of carbonyl (C=O) groups is 1. The van der Waals surface area contributed by atoms with Crippen molar-refractivity contribution in [2.45, 2.75) is 13.1 Å². The van der Waals surface area contributed by atoms with Gasteiger partial charge in [-0.05, 0) is 49.4 Å². The summed E-state index contributed by atoms with van der Waals surface area (Å²) in [7, 11) is 0. The van der Waals surface area contributed by atoms with Crippen molar-refractivity contribution in [2.75, 3.05) is 0 Å². The van der Waals surface area contributed by atoms with Gasteiger partial charge in [0.25, 0.3) is 11.5 Å². The smallest absolute Gasteiger partial charge is 0.364 e. The molecule has 0 saturated carbocycles. The molecule has 0 spiro atoms. The number of hydrogen-bond donors (Lipinski definition) is 1. The van der Waals surface area contributed by atoms with Crippen LogP contribution in [0.5, 0.6) is 0 Å².